The molecule has 0 heterocycles. The molecule has 2 aromatic rings. The first-order chi connectivity index (χ1) is 13.3. The lowest BCUT2D eigenvalue weighted by Crippen LogP contribution is -2.07. The van der Waals surface area contributed by atoms with Crippen LogP contribution < -0.4 is 4.74 Å². The fourth-order valence-corrected chi connectivity index (χ4v) is 3.69. The molecule has 1 aliphatic rings. The van der Waals surface area contributed by atoms with E-state index < -0.39 is 0 Å². The summed E-state index contributed by atoms with van der Waals surface area (Å²) in [5, 5.41) is 0. The molecule has 0 N–H and O–H groups in total. The number of ether oxygens (including phenoxy) is 2. The van der Waals surface area contributed by atoms with Crippen LogP contribution >= 0.6 is 0 Å². The van der Waals surface area contributed by atoms with Gasteiger partial charge in [-0.2, -0.15) is 0 Å². The number of esters is 1. The van der Waals surface area contributed by atoms with Crippen molar-refractivity contribution in [3.8, 4) is 5.75 Å². The smallest absolute Gasteiger partial charge is 0.330 e. The second kappa shape index (κ2) is 9.96. The highest BCUT2D eigenvalue weighted by Crippen LogP contribution is 2.40. The largest absolute Gasteiger partial charge is 0.492 e. The van der Waals surface area contributed by atoms with Gasteiger partial charge in [0, 0.05) is 18.1 Å². The minimum atomic E-state index is -0.320. The first-order valence-electron chi connectivity index (χ1n) is 9.92. The van der Waals surface area contributed by atoms with E-state index in [1.165, 1.54) is 42.9 Å². The van der Waals surface area contributed by atoms with E-state index in [1.54, 1.807) is 0 Å². The molecule has 3 nitrogen and oxygen atoms in total. The lowest BCUT2D eigenvalue weighted by atomic mass is 9.94. The van der Waals surface area contributed by atoms with E-state index in [0.29, 0.717) is 19.1 Å². The Morgan fingerprint density at radius 3 is 2.59 bits per heavy atom. The third-order valence-electron chi connectivity index (χ3n) is 5.04. The number of carbonyl (C=O) groups is 1. The monoisotopic (exact) mass is 364 g/mol. The maximum absolute atomic E-state index is 11.7. The van der Waals surface area contributed by atoms with Gasteiger partial charge in [-0.05, 0) is 42.9 Å². The van der Waals surface area contributed by atoms with Crippen LogP contribution in [0.3, 0.4) is 0 Å². The molecule has 0 aliphatic heterocycles. The number of benzene rings is 2. The molecule has 0 saturated heterocycles. The van der Waals surface area contributed by atoms with Crippen molar-refractivity contribution in [3.05, 3.63) is 71.3 Å². The summed E-state index contributed by atoms with van der Waals surface area (Å²) in [5.74, 6) is 1.15. The molecular weight excluding hydrogens is 336 g/mol. The van der Waals surface area contributed by atoms with Crippen molar-refractivity contribution < 1.29 is 14.3 Å². The Labute approximate surface area is 162 Å². The number of hydrogen-bond acceptors (Lipinski definition) is 3. The SMILES string of the molecule is CCOC(=O)/C=C/c1cccc(C2CCCC2)c1OCCc1ccccc1. The minimum absolute atomic E-state index is 0.320. The predicted molar refractivity (Wildman–Crippen MR) is 109 cm³/mol. The predicted octanol–water partition coefficient (Wildman–Crippen LogP) is 5.54. The van der Waals surface area contributed by atoms with Gasteiger partial charge in [-0.3, -0.25) is 0 Å². The van der Waals surface area contributed by atoms with Crippen molar-refractivity contribution in [3.63, 3.8) is 0 Å². The Bertz CT molecular complexity index is 758. The molecule has 142 valence electrons. The first kappa shape index (κ1) is 19.2. The summed E-state index contributed by atoms with van der Waals surface area (Å²) in [6.07, 6.45) is 9.13. The molecule has 3 rings (SSSR count). The third kappa shape index (κ3) is 5.46. The van der Waals surface area contributed by atoms with Crippen LogP contribution in [0.15, 0.2) is 54.6 Å². The van der Waals surface area contributed by atoms with Crippen molar-refractivity contribution in [2.45, 2.75) is 44.9 Å². The summed E-state index contributed by atoms with van der Waals surface area (Å²) in [6, 6.07) is 16.6. The highest BCUT2D eigenvalue weighted by atomic mass is 16.5. The Morgan fingerprint density at radius 2 is 1.85 bits per heavy atom. The van der Waals surface area contributed by atoms with Gasteiger partial charge in [-0.1, -0.05) is 61.4 Å². The maximum atomic E-state index is 11.7. The van der Waals surface area contributed by atoms with E-state index in [1.807, 2.05) is 25.1 Å². The second-order valence-electron chi connectivity index (χ2n) is 6.92. The highest BCUT2D eigenvalue weighted by Gasteiger charge is 2.22. The summed E-state index contributed by atoms with van der Waals surface area (Å²) in [4.78, 5) is 11.7. The van der Waals surface area contributed by atoms with Crippen LogP contribution in [0, 0.1) is 0 Å². The standard InChI is InChI=1S/C24H28O3/c1-2-26-23(25)16-15-21-13-8-14-22(20-11-6-7-12-20)24(21)27-18-17-19-9-4-3-5-10-19/h3-5,8-10,13-16,20H,2,6-7,11-12,17-18H2,1H3/b16-15+. The van der Waals surface area contributed by atoms with Gasteiger partial charge in [0.25, 0.3) is 0 Å². The Morgan fingerprint density at radius 1 is 1.07 bits per heavy atom. The topological polar surface area (TPSA) is 35.5 Å². The zero-order valence-electron chi connectivity index (χ0n) is 16.0. The second-order valence-corrected chi connectivity index (χ2v) is 6.92. The van der Waals surface area contributed by atoms with Crippen molar-refractivity contribution >= 4 is 12.0 Å². The number of hydrogen-bond donors (Lipinski definition) is 0. The van der Waals surface area contributed by atoms with Gasteiger partial charge in [0.15, 0.2) is 0 Å². The van der Waals surface area contributed by atoms with E-state index in [2.05, 4.69) is 36.4 Å². The number of rotatable bonds is 8. The molecular formula is C24H28O3. The van der Waals surface area contributed by atoms with Crippen molar-refractivity contribution in [1.29, 1.82) is 0 Å². The van der Waals surface area contributed by atoms with Gasteiger partial charge in [-0.25, -0.2) is 4.79 Å². The summed E-state index contributed by atoms with van der Waals surface area (Å²) in [7, 11) is 0. The summed E-state index contributed by atoms with van der Waals surface area (Å²) in [5.41, 5.74) is 3.48. The quantitative estimate of drug-likeness (QED) is 0.455. The lowest BCUT2D eigenvalue weighted by Gasteiger charge is -2.18. The van der Waals surface area contributed by atoms with Gasteiger partial charge < -0.3 is 9.47 Å². The normalized spacial score (nSPS) is 14.6. The molecule has 1 fully saturated rings. The molecule has 2 aromatic carbocycles. The van der Waals surface area contributed by atoms with E-state index in [-0.39, 0.29) is 5.97 Å². The van der Waals surface area contributed by atoms with Gasteiger partial charge in [0.2, 0.25) is 0 Å². The van der Waals surface area contributed by atoms with Crippen LogP contribution in [0.2, 0.25) is 0 Å². The van der Waals surface area contributed by atoms with Crippen LogP contribution in [0.25, 0.3) is 6.08 Å². The molecule has 0 unspecified atom stereocenters. The summed E-state index contributed by atoms with van der Waals surface area (Å²) in [6.45, 7) is 2.81. The molecule has 0 bridgehead atoms. The minimum Gasteiger partial charge on any atom is -0.492 e. The number of carbonyl (C=O) groups excluding carboxylic acids is 1. The molecule has 0 spiro atoms. The molecule has 0 aromatic heterocycles. The zero-order chi connectivity index (χ0) is 18.9. The Hall–Kier alpha value is -2.55. The van der Waals surface area contributed by atoms with Gasteiger partial charge in [0.1, 0.15) is 5.75 Å². The maximum Gasteiger partial charge on any atom is 0.330 e. The molecule has 0 radical (unpaired) electrons. The van der Waals surface area contributed by atoms with E-state index >= 15 is 0 Å². The number of para-hydroxylation sites is 1. The Balaban J connectivity index is 1.79. The van der Waals surface area contributed by atoms with Crippen LogP contribution in [-0.4, -0.2) is 19.2 Å². The van der Waals surface area contributed by atoms with Gasteiger partial charge >= 0.3 is 5.97 Å². The van der Waals surface area contributed by atoms with Gasteiger partial charge in [-0.15, -0.1) is 0 Å². The van der Waals surface area contributed by atoms with Crippen LogP contribution in [0.4, 0.5) is 0 Å². The molecule has 3 heteroatoms. The van der Waals surface area contributed by atoms with E-state index in [4.69, 9.17) is 9.47 Å². The summed E-state index contributed by atoms with van der Waals surface area (Å²) < 4.78 is 11.3. The molecule has 0 atom stereocenters. The zero-order valence-corrected chi connectivity index (χ0v) is 16.0. The average Bonchev–Trinajstić information content (AvgIpc) is 3.22. The lowest BCUT2D eigenvalue weighted by molar-refractivity contribution is -0.137. The first-order valence-corrected chi connectivity index (χ1v) is 9.92. The van der Waals surface area contributed by atoms with Crippen LogP contribution in [0.1, 0.15) is 55.2 Å². The molecule has 1 saturated carbocycles. The van der Waals surface area contributed by atoms with Crippen molar-refractivity contribution in [2.75, 3.05) is 13.2 Å². The Kier molecular flexibility index (Phi) is 7.09. The van der Waals surface area contributed by atoms with Crippen LogP contribution in [-0.2, 0) is 16.0 Å². The van der Waals surface area contributed by atoms with Crippen molar-refractivity contribution in [1.82, 2.24) is 0 Å². The van der Waals surface area contributed by atoms with E-state index in [9.17, 15) is 4.79 Å². The third-order valence-corrected chi connectivity index (χ3v) is 5.04. The molecule has 1 aliphatic carbocycles. The summed E-state index contributed by atoms with van der Waals surface area (Å²) >= 11 is 0. The molecule has 0 amide bonds. The van der Waals surface area contributed by atoms with Crippen molar-refractivity contribution in [2.24, 2.45) is 0 Å². The van der Waals surface area contributed by atoms with Crippen LogP contribution in [0.5, 0.6) is 5.75 Å². The average molecular weight is 364 g/mol. The highest BCUT2D eigenvalue weighted by molar-refractivity contribution is 5.87. The fourth-order valence-electron chi connectivity index (χ4n) is 3.69. The fraction of sp³-hybridized carbons (Fsp3) is 0.375. The van der Waals surface area contributed by atoms with Gasteiger partial charge in [0.05, 0.1) is 13.2 Å². The van der Waals surface area contributed by atoms with E-state index in [0.717, 1.165) is 17.7 Å². The molecule has 27 heavy (non-hydrogen) atoms.